The van der Waals surface area contributed by atoms with Crippen LogP contribution in [0.1, 0.15) is 26.5 Å². The minimum Gasteiger partial charge on any atom is -0.326 e. The van der Waals surface area contributed by atoms with Crippen molar-refractivity contribution in [2.45, 2.75) is 19.5 Å². The molecule has 3 aromatic rings. The first-order valence-corrected chi connectivity index (χ1v) is 10.5. The number of anilines is 1. The Kier molecular flexibility index (Phi) is 5.33. The predicted molar refractivity (Wildman–Crippen MR) is 113 cm³/mol. The third-order valence-corrected chi connectivity index (χ3v) is 6.19. The number of carbonyl (C=O) groups is 1. The first kappa shape index (κ1) is 17.6. The first-order valence-electron chi connectivity index (χ1n) is 8.60. The lowest BCUT2D eigenvalue weighted by Gasteiger charge is -2.22. The van der Waals surface area contributed by atoms with E-state index in [1.807, 2.05) is 24.3 Å². The molecule has 4 rings (SSSR count). The van der Waals surface area contributed by atoms with Crippen molar-refractivity contribution in [1.82, 2.24) is 4.98 Å². The van der Waals surface area contributed by atoms with Crippen LogP contribution in [-0.4, -0.2) is 17.4 Å². The van der Waals surface area contributed by atoms with Gasteiger partial charge in [0.2, 0.25) is 0 Å². The number of thiazole rings is 1. The Labute approximate surface area is 170 Å². The number of rotatable bonds is 4. The number of halogens is 1. The Morgan fingerprint density at radius 1 is 1.19 bits per heavy atom. The van der Waals surface area contributed by atoms with Crippen LogP contribution in [0.25, 0.3) is 0 Å². The molecule has 26 heavy (non-hydrogen) atoms. The van der Waals surface area contributed by atoms with Crippen LogP contribution >= 0.6 is 33.9 Å². The zero-order valence-corrected chi connectivity index (χ0v) is 17.1. The van der Waals surface area contributed by atoms with Crippen LogP contribution in [0.5, 0.6) is 0 Å². The first-order chi connectivity index (χ1) is 12.7. The second-order valence-electron chi connectivity index (χ2n) is 6.44. The molecule has 1 amide bonds. The molecule has 0 saturated carbocycles. The van der Waals surface area contributed by atoms with E-state index in [1.54, 1.807) is 16.2 Å². The molecule has 2 aromatic carbocycles. The number of aromatic nitrogens is 1. The van der Waals surface area contributed by atoms with Gasteiger partial charge in [-0.3, -0.25) is 10.1 Å². The van der Waals surface area contributed by atoms with E-state index in [0.717, 1.165) is 35.3 Å². The topological polar surface area (TPSA) is 46.4 Å². The molecule has 0 aliphatic carbocycles. The Morgan fingerprint density at radius 2 is 2.04 bits per heavy atom. The predicted octanol–water partition coefficient (Wildman–Crippen LogP) is 3.14. The minimum absolute atomic E-state index is 0.0944. The Morgan fingerprint density at radius 3 is 2.85 bits per heavy atom. The van der Waals surface area contributed by atoms with Gasteiger partial charge in [0.15, 0.2) is 5.13 Å². The normalized spacial score (nSPS) is 16.1. The number of benzene rings is 2. The van der Waals surface area contributed by atoms with Crippen LogP contribution in [0.15, 0.2) is 54.6 Å². The molecule has 4 nitrogen and oxygen atoms in total. The summed E-state index contributed by atoms with van der Waals surface area (Å²) in [5.74, 6) is -0.0944. The zero-order valence-electron chi connectivity index (χ0n) is 14.2. The molecule has 132 valence electrons. The van der Waals surface area contributed by atoms with Gasteiger partial charge in [0.25, 0.3) is 5.91 Å². The van der Waals surface area contributed by atoms with Gasteiger partial charge < -0.3 is 4.90 Å². The van der Waals surface area contributed by atoms with Gasteiger partial charge in [-0.05, 0) is 40.8 Å². The van der Waals surface area contributed by atoms with Gasteiger partial charge in [-0.1, -0.05) is 47.7 Å². The average molecular weight is 476 g/mol. The highest BCUT2D eigenvalue weighted by Crippen LogP contribution is 2.25. The SMILES string of the molecule is O=C(Nc1nc2c(s1)C[NH+](Cc1ccccc1)CC2)c1cccc(I)c1. The van der Waals surface area contributed by atoms with Crippen molar-refractivity contribution in [3.05, 3.63) is 79.9 Å². The van der Waals surface area contributed by atoms with Crippen LogP contribution in [0, 0.1) is 3.57 Å². The summed E-state index contributed by atoms with van der Waals surface area (Å²) in [6.45, 7) is 3.08. The van der Waals surface area contributed by atoms with Crippen molar-refractivity contribution in [2.24, 2.45) is 0 Å². The Hall–Kier alpha value is -1.77. The molecular formula is C20H19IN3OS+. The molecule has 0 saturated heterocycles. The fourth-order valence-corrected chi connectivity index (χ4v) is 4.83. The monoisotopic (exact) mass is 476 g/mol. The van der Waals surface area contributed by atoms with Crippen LogP contribution in [0.2, 0.25) is 0 Å². The number of hydrogen-bond acceptors (Lipinski definition) is 3. The minimum atomic E-state index is -0.0944. The summed E-state index contributed by atoms with van der Waals surface area (Å²) in [6, 6.07) is 18.2. The van der Waals surface area contributed by atoms with Crippen molar-refractivity contribution in [3.8, 4) is 0 Å². The number of quaternary nitrogens is 1. The van der Waals surface area contributed by atoms with Gasteiger partial charge in [-0.15, -0.1) is 0 Å². The highest BCUT2D eigenvalue weighted by Gasteiger charge is 2.24. The van der Waals surface area contributed by atoms with E-state index in [0.29, 0.717) is 10.7 Å². The molecule has 0 fully saturated rings. The van der Waals surface area contributed by atoms with Gasteiger partial charge in [0.05, 0.1) is 17.1 Å². The molecule has 1 aromatic heterocycles. The number of fused-ring (bicyclic) bond motifs is 1. The summed E-state index contributed by atoms with van der Waals surface area (Å²) >= 11 is 3.83. The maximum atomic E-state index is 12.4. The average Bonchev–Trinajstić information content (AvgIpc) is 3.04. The molecule has 6 heteroatoms. The zero-order chi connectivity index (χ0) is 17.9. The molecular weight excluding hydrogens is 457 g/mol. The molecule has 2 N–H and O–H groups in total. The second kappa shape index (κ2) is 7.85. The third-order valence-electron chi connectivity index (χ3n) is 4.51. The van der Waals surface area contributed by atoms with Crippen LogP contribution in [0.3, 0.4) is 0 Å². The molecule has 0 radical (unpaired) electrons. The van der Waals surface area contributed by atoms with E-state index >= 15 is 0 Å². The van der Waals surface area contributed by atoms with E-state index < -0.39 is 0 Å². The van der Waals surface area contributed by atoms with E-state index in [-0.39, 0.29) is 5.91 Å². The molecule has 1 atom stereocenters. The standard InChI is InChI=1S/C20H18IN3OS/c21-16-8-4-7-15(11-16)19(25)23-20-22-17-9-10-24(13-18(17)26-20)12-14-5-2-1-3-6-14/h1-8,11H,9-10,12-13H2,(H,22,23,25)/p+1. The van der Waals surface area contributed by atoms with Crippen molar-refractivity contribution >= 4 is 45.0 Å². The largest absolute Gasteiger partial charge is 0.326 e. The molecule has 0 bridgehead atoms. The molecule has 2 heterocycles. The number of nitrogens with one attached hydrogen (secondary N) is 2. The fourth-order valence-electron chi connectivity index (χ4n) is 3.22. The van der Waals surface area contributed by atoms with Crippen molar-refractivity contribution < 1.29 is 9.69 Å². The van der Waals surface area contributed by atoms with Crippen LogP contribution in [0.4, 0.5) is 5.13 Å². The lowest BCUT2D eigenvalue weighted by atomic mass is 10.1. The number of hydrogen-bond donors (Lipinski definition) is 2. The molecule has 0 spiro atoms. The summed E-state index contributed by atoms with van der Waals surface area (Å²) in [7, 11) is 0. The highest BCUT2D eigenvalue weighted by molar-refractivity contribution is 14.1. The van der Waals surface area contributed by atoms with E-state index in [4.69, 9.17) is 0 Å². The lowest BCUT2D eigenvalue weighted by molar-refractivity contribution is -0.929. The van der Waals surface area contributed by atoms with Gasteiger partial charge in [-0.25, -0.2) is 4.98 Å². The van der Waals surface area contributed by atoms with Crippen molar-refractivity contribution in [1.29, 1.82) is 0 Å². The van der Waals surface area contributed by atoms with E-state index in [2.05, 4.69) is 63.2 Å². The second-order valence-corrected chi connectivity index (χ2v) is 8.77. The van der Waals surface area contributed by atoms with Crippen LogP contribution < -0.4 is 10.2 Å². The van der Waals surface area contributed by atoms with Gasteiger partial charge in [0.1, 0.15) is 13.1 Å². The summed E-state index contributed by atoms with van der Waals surface area (Å²) in [6.07, 6.45) is 0.965. The highest BCUT2D eigenvalue weighted by atomic mass is 127. The molecule has 1 aliphatic rings. The van der Waals surface area contributed by atoms with Gasteiger partial charge >= 0.3 is 0 Å². The van der Waals surface area contributed by atoms with Crippen molar-refractivity contribution in [3.63, 3.8) is 0 Å². The smallest absolute Gasteiger partial charge is 0.257 e. The van der Waals surface area contributed by atoms with Crippen LogP contribution in [-0.2, 0) is 19.5 Å². The summed E-state index contributed by atoms with van der Waals surface area (Å²) in [5, 5.41) is 3.67. The van der Waals surface area contributed by atoms with Gasteiger partial charge in [0, 0.05) is 21.1 Å². The summed E-state index contributed by atoms with van der Waals surface area (Å²) in [4.78, 5) is 19.9. The molecule has 1 aliphatic heterocycles. The van der Waals surface area contributed by atoms with E-state index in [9.17, 15) is 4.79 Å². The van der Waals surface area contributed by atoms with Crippen molar-refractivity contribution in [2.75, 3.05) is 11.9 Å². The summed E-state index contributed by atoms with van der Waals surface area (Å²) < 4.78 is 1.05. The Balaban J connectivity index is 1.43. The number of amides is 1. The van der Waals surface area contributed by atoms with E-state index in [1.165, 1.54) is 10.4 Å². The third kappa shape index (κ3) is 4.13. The maximum Gasteiger partial charge on any atom is 0.257 e. The molecule has 1 unspecified atom stereocenters. The quantitative estimate of drug-likeness (QED) is 0.569. The fraction of sp³-hybridized carbons (Fsp3) is 0.200. The van der Waals surface area contributed by atoms with Gasteiger partial charge in [-0.2, -0.15) is 0 Å². The maximum absolute atomic E-state index is 12.4. The number of carbonyl (C=O) groups excluding carboxylic acids is 1. The number of nitrogens with zero attached hydrogens (tertiary/aromatic N) is 1. The Bertz CT molecular complexity index is 926. The summed E-state index contributed by atoms with van der Waals surface area (Å²) in [5.41, 5.74) is 3.17. The lowest BCUT2D eigenvalue weighted by Crippen LogP contribution is -3.10.